The van der Waals surface area contributed by atoms with Gasteiger partial charge in [-0.1, -0.05) is 0 Å². The van der Waals surface area contributed by atoms with E-state index in [1.807, 2.05) is 17.8 Å². The summed E-state index contributed by atoms with van der Waals surface area (Å²) in [6.07, 6.45) is 6.14. The summed E-state index contributed by atoms with van der Waals surface area (Å²) in [5, 5.41) is 0. The number of hydrogen-bond acceptors (Lipinski definition) is 0. The second kappa shape index (κ2) is 8.74. The summed E-state index contributed by atoms with van der Waals surface area (Å²) in [5.41, 5.74) is 0. The van der Waals surface area contributed by atoms with Gasteiger partial charge in [0.05, 0.1) is 13.6 Å². The second-order valence-electron chi connectivity index (χ2n) is 1.91. The third-order valence-corrected chi connectivity index (χ3v) is 1.19. The number of aromatic nitrogens is 2. The van der Waals surface area contributed by atoms with Gasteiger partial charge in [0.15, 0.2) is 0 Å². The Morgan fingerprint density at radius 3 is 2.00 bits per heavy atom. The maximum atomic E-state index is 2.12. The molecule has 0 N–H and O–H groups in total. The normalized spacial score (nSPS) is 7.09. The zero-order valence-electron chi connectivity index (χ0n) is 6.56. The quantitative estimate of drug-likeness (QED) is 0.683. The van der Waals surface area contributed by atoms with Crippen LogP contribution in [0.5, 0.6) is 0 Å². The summed E-state index contributed by atoms with van der Waals surface area (Å²) >= 11 is 0. The van der Waals surface area contributed by atoms with Gasteiger partial charge in [-0.15, -0.1) is 50.9 Å². The van der Waals surface area contributed by atoms with E-state index in [0.717, 1.165) is 6.54 Å². The molecule has 0 amide bonds. The fraction of sp³-hybridized carbons (Fsp3) is 0.500. The second-order valence-corrected chi connectivity index (χ2v) is 1.91. The van der Waals surface area contributed by atoms with E-state index in [1.165, 1.54) is 0 Å². The van der Waals surface area contributed by atoms with Crippen LogP contribution in [0.3, 0.4) is 0 Å². The molecule has 1 aromatic heterocycles. The predicted octanol–water partition coefficient (Wildman–Crippen LogP) is 2.07. The van der Waals surface area contributed by atoms with E-state index >= 15 is 0 Å². The highest BCUT2D eigenvalue weighted by atomic mass is 79.9. The lowest BCUT2D eigenvalue weighted by Crippen LogP contribution is -2.23. The molecule has 5 heteroatoms. The van der Waals surface area contributed by atoms with Gasteiger partial charge in [-0.2, -0.15) is 0 Å². The molecule has 0 radical (unpaired) electrons. The van der Waals surface area contributed by atoms with Crippen LogP contribution >= 0.6 is 50.9 Å². The van der Waals surface area contributed by atoms with Gasteiger partial charge in [0.1, 0.15) is 12.4 Å². The average molecular weight is 354 g/mol. The van der Waals surface area contributed by atoms with Gasteiger partial charge in [0.2, 0.25) is 6.33 Å². The van der Waals surface area contributed by atoms with Crippen molar-refractivity contribution in [2.45, 2.75) is 13.5 Å². The third kappa shape index (κ3) is 5.87. The number of imidazole rings is 1. The van der Waals surface area contributed by atoms with Crippen LogP contribution < -0.4 is 4.57 Å². The van der Waals surface area contributed by atoms with Crippen LogP contribution in [0.2, 0.25) is 0 Å². The monoisotopic (exact) mass is 351 g/mol. The van der Waals surface area contributed by atoms with Crippen LogP contribution in [0, 0.1) is 0 Å². The molecule has 1 heterocycles. The Morgan fingerprint density at radius 1 is 1.27 bits per heavy atom. The van der Waals surface area contributed by atoms with E-state index in [1.54, 1.807) is 0 Å². The Bertz CT molecular complexity index is 176. The van der Waals surface area contributed by atoms with E-state index in [0.29, 0.717) is 0 Å². The van der Waals surface area contributed by atoms with Gasteiger partial charge in [-0.05, 0) is 6.92 Å². The number of halogens is 3. The number of hydrogen-bond donors (Lipinski definition) is 0. The summed E-state index contributed by atoms with van der Waals surface area (Å²) in [4.78, 5) is 0. The van der Waals surface area contributed by atoms with Crippen LogP contribution in [0.25, 0.3) is 0 Å². The smallest absolute Gasteiger partial charge is 0.240 e. The number of aryl methyl sites for hydroxylation is 2. The summed E-state index contributed by atoms with van der Waals surface area (Å²) in [6.45, 7) is 3.18. The first-order chi connectivity index (χ1) is 3.83. The van der Waals surface area contributed by atoms with Gasteiger partial charge in [-0.25, -0.2) is 9.13 Å². The molecule has 0 bridgehead atoms. The van der Waals surface area contributed by atoms with Crippen LogP contribution in [-0.2, 0) is 13.6 Å². The summed E-state index contributed by atoms with van der Waals surface area (Å²) in [5.74, 6) is 0. The maximum absolute atomic E-state index is 2.12. The van der Waals surface area contributed by atoms with Crippen molar-refractivity contribution in [3.05, 3.63) is 18.7 Å². The molecule has 0 aromatic carbocycles. The predicted molar refractivity (Wildman–Crippen MR) is 62.2 cm³/mol. The van der Waals surface area contributed by atoms with Crippen LogP contribution in [0.1, 0.15) is 6.92 Å². The molecule has 0 fully saturated rings. The Hall–Kier alpha value is 0.650. The van der Waals surface area contributed by atoms with Gasteiger partial charge in [0.25, 0.3) is 0 Å². The summed E-state index contributed by atoms with van der Waals surface area (Å²) in [7, 11) is 2.02. The molecule has 0 saturated carbocycles. The Labute approximate surface area is 98.9 Å². The van der Waals surface area contributed by atoms with Crippen molar-refractivity contribution < 1.29 is 4.57 Å². The van der Waals surface area contributed by atoms with Crippen molar-refractivity contribution in [3.8, 4) is 0 Å². The molecule has 2 nitrogen and oxygen atoms in total. The maximum Gasteiger partial charge on any atom is 0.243 e. The molecule has 0 aliphatic carbocycles. The van der Waals surface area contributed by atoms with Crippen molar-refractivity contribution in [1.82, 2.24) is 4.57 Å². The molecule has 68 valence electrons. The van der Waals surface area contributed by atoms with Crippen LogP contribution in [-0.4, -0.2) is 4.57 Å². The first-order valence-corrected chi connectivity index (χ1v) is 2.84. The SMILES string of the molecule is Br.Br.Br.CCn1cc[n+](C)c1. The number of nitrogens with zero attached hydrogens (tertiary/aromatic N) is 2. The first kappa shape index (κ1) is 17.7. The standard InChI is InChI=1S/C6H11N2.3BrH/c1-3-8-5-4-7(2)6-8;;;/h4-6H,3H2,1-2H3;3*1H/q+1;;;. The van der Waals surface area contributed by atoms with E-state index in [4.69, 9.17) is 0 Å². The molecule has 0 aliphatic rings. The Balaban J connectivity index is -0.000000213. The summed E-state index contributed by atoms with van der Waals surface area (Å²) < 4.78 is 4.16. The summed E-state index contributed by atoms with van der Waals surface area (Å²) in [6, 6.07) is 0. The minimum Gasteiger partial charge on any atom is -0.240 e. The van der Waals surface area contributed by atoms with Crippen molar-refractivity contribution in [1.29, 1.82) is 0 Å². The molecule has 11 heavy (non-hydrogen) atoms. The van der Waals surface area contributed by atoms with Gasteiger partial charge in [0, 0.05) is 0 Å². The third-order valence-electron chi connectivity index (χ3n) is 1.19. The Morgan fingerprint density at radius 2 is 1.82 bits per heavy atom. The van der Waals surface area contributed by atoms with Crippen LogP contribution in [0.15, 0.2) is 18.7 Å². The van der Waals surface area contributed by atoms with E-state index in [9.17, 15) is 0 Å². The van der Waals surface area contributed by atoms with Crippen molar-refractivity contribution in [2.75, 3.05) is 0 Å². The average Bonchev–Trinajstić information content (AvgIpc) is 2.14. The number of rotatable bonds is 1. The van der Waals surface area contributed by atoms with E-state index in [-0.39, 0.29) is 50.9 Å². The topological polar surface area (TPSA) is 8.81 Å². The highest BCUT2D eigenvalue weighted by molar-refractivity contribution is 8.93. The lowest BCUT2D eigenvalue weighted by Gasteiger charge is -1.81. The molecule has 0 unspecified atom stereocenters. The highest BCUT2D eigenvalue weighted by Crippen LogP contribution is 1.79. The van der Waals surface area contributed by atoms with Gasteiger partial charge >= 0.3 is 0 Å². The Kier molecular flexibility index (Phi) is 14.0. The fourth-order valence-corrected chi connectivity index (χ4v) is 0.689. The molecule has 0 spiro atoms. The van der Waals surface area contributed by atoms with Crippen LogP contribution in [0.4, 0.5) is 0 Å². The van der Waals surface area contributed by atoms with Crippen molar-refractivity contribution >= 4 is 50.9 Å². The van der Waals surface area contributed by atoms with Crippen molar-refractivity contribution in [3.63, 3.8) is 0 Å². The molecule has 0 saturated heterocycles. The molecule has 0 aliphatic heterocycles. The van der Waals surface area contributed by atoms with Crippen molar-refractivity contribution in [2.24, 2.45) is 7.05 Å². The largest absolute Gasteiger partial charge is 0.243 e. The molecule has 0 atom stereocenters. The minimum atomic E-state index is 0. The highest BCUT2D eigenvalue weighted by Gasteiger charge is 1.92. The fourth-order valence-electron chi connectivity index (χ4n) is 0.689. The van der Waals surface area contributed by atoms with Gasteiger partial charge in [-0.3, -0.25) is 0 Å². The molecule has 1 rings (SSSR count). The first-order valence-electron chi connectivity index (χ1n) is 2.84. The minimum absolute atomic E-state index is 0. The lowest BCUT2D eigenvalue weighted by molar-refractivity contribution is -0.671. The zero-order valence-corrected chi connectivity index (χ0v) is 11.7. The lowest BCUT2D eigenvalue weighted by atomic mass is 10.7. The van der Waals surface area contributed by atoms with E-state index < -0.39 is 0 Å². The zero-order chi connectivity index (χ0) is 5.98. The van der Waals surface area contributed by atoms with Gasteiger partial charge < -0.3 is 0 Å². The molecular formula is C6H14Br3N2+. The molecular weight excluding hydrogens is 340 g/mol. The van der Waals surface area contributed by atoms with E-state index in [2.05, 4.69) is 24.0 Å². The molecule has 1 aromatic rings.